The van der Waals surface area contributed by atoms with Gasteiger partial charge in [0.05, 0.1) is 19.0 Å². The van der Waals surface area contributed by atoms with Crippen molar-refractivity contribution in [3.8, 4) is 5.69 Å². The average molecular weight is 286 g/mol. The fourth-order valence-electron chi connectivity index (χ4n) is 2.42. The molecule has 1 aliphatic heterocycles. The van der Waals surface area contributed by atoms with E-state index in [2.05, 4.69) is 4.98 Å². The summed E-state index contributed by atoms with van der Waals surface area (Å²) in [5.74, 6) is 0.0222. The van der Waals surface area contributed by atoms with Gasteiger partial charge in [0.15, 0.2) is 0 Å². The Kier molecular flexibility index (Phi) is 3.98. The summed E-state index contributed by atoms with van der Waals surface area (Å²) in [6.45, 7) is 2.14. The Bertz CT molecular complexity index is 595. The molecule has 6 nitrogen and oxygen atoms in total. The number of morpholine rings is 1. The number of ether oxygens (including phenoxy) is 1. The minimum atomic E-state index is -0.0621. The number of carbonyl (C=O) groups excluding carboxylic acids is 1. The lowest BCUT2D eigenvalue weighted by Crippen LogP contribution is -2.48. The quantitative estimate of drug-likeness (QED) is 0.900. The van der Waals surface area contributed by atoms with Crippen LogP contribution in [0.2, 0.25) is 0 Å². The Morgan fingerprint density at radius 1 is 1.38 bits per heavy atom. The number of carbonyl (C=O) groups is 1. The van der Waals surface area contributed by atoms with Gasteiger partial charge in [-0.1, -0.05) is 0 Å². The number of amides is 1. The Hall–Kier alpha value is -2.18. The third-order valence-electron chi connectivity index (χ3n) is 3.61. The molecule has 1 fully saturated rings. The van der Waals surface area contributed by atoms with Gasteiger partial charge in [0.2, 0.25) is 0 Å². The molecule has 0 saturated carbocycles. The number of nitrogens with zero attached hydrogens (tertiary/aromatic N) is 3. The van der Waals surface area contributed by atoms with Crippen LogP contribution < -0.4 is 5.73 Å². The molecule has 1 aliphatic rings. The molecule has 2 heterocycles. The van der Waals surface area contributed by atoms with Gasteiger partial charge in [-0.05, 0) is 24.3 Å². The standard InChI is InChI=1S/C15H18N4O2/c16-9-14-10-18(7-8-21-14)15(20)12-1-3-13(4-2-12)19-6-5-17-11-19/h1-6,11,14H,7-10,16H2. The predicted molar refractivity (Wildman–Crippen MR) is 78.3 cm³/mol. The fraction of sp³-hybridized carbons (Fsp3) is 0.333. The molecule has 0 bridgehead atoms. The number of benzene rings is 1. The minimum absolute atomic E-state index is 0.0222. The van der Waals surface area contributed by atoms with Gasteiger partial charge in [0, 0.05) is 43.3 Å². The molecule has 1 atom stereocenters. The van der Waals surface area contributed by atoms with E-state index in [0.717, 1.165) is 5.69 Å². The SMILES string of the molecule is NCC1CN(C(=O)c2ccc(-n3ccnc3)cc2)CCO1. The summed E-state index contributed by atoms with van der Waals surface area (Å²) in [6.07, 6.45) is 5.25. The van der Waals surface area contributed by atoms with E-state index in [-0.39, 0.29) is 12.0 Å². The second-order valence-corrected chi connectivity index (χ2v) is 5.00. The first-order valence-corrected chi connectivity index (χ1v) is 6.97. The van der Waals surface area contributed by atoms with Gasteiger partial charge < -0.3 is 19.9 Å². The Balaban J connectivity index is 1.73. The van der Waals surface area contributed by atoms with Crippen molar-refractivity contribution in [2.45, 2.75) is 6.10 Å². The third-order valence-corrected chi connectivity index (χ3v) is 3.61. The summed E-state index contributed by atoms with van der Waals surface area (Å²) >= 11 is 0. The van der Waals surface area contributed by atoms with Crippen LogP contribution in [0.15, 0.2) is 43.0 Å². The molecule has 6 heteroatoms. The molecule has 2 aromatic rings. The number of aromatic nitrogens is 2. The molecule has 3 rings (SSSR count). The number of rotatable bonds is 3. The van der Waals surface area contributed by atoms with Crippen molar-refractivity contribution >= 4 is 5.91 Å². The summed E-state index contributed by atoms with van der Waals surface area (Å²) in [6, 6.07) is 7.50. The number of hydrogen-bond acceptors (Lipinski definition) is 4. The summed E-state index contributed by atoms with van der Waals surface area (Å²) in [7, 11) is 0. The van der Waals surface area contributed by atoms with Crippen LogP contribution in [0.1, 0.15) is 10.4 Å². The maximum absolute atomic E-state index is 12.5. The van der Waals surface area contributed by atoms with Gasteiger partial charge in [-0.15, -0.1) is 0 Å². The Morgan fingerprint density at radius 2 is 2.19 bits per heavy atom. The first-order chi connectivity index (χ1) is 10.3. The van der Waals surface area contributed by atoms with Gasteiger partial charge >= 0.3 is 0 Å². The number of nitrogens with two attached hydrogens (primary N) is 1. The van der Waals surface area contributed by atoms with Crippen LogP contribution in [-0.4, -0.2) is 52.7 Å². The molecule has 0 radical (unpaired) electrons. The van der Waals surface area contributed by atoms with Crippen molar-refractivity contribution in [2.75, 3.05) is 26.2 Å². The van der Waals surface area contributed by atoms with E-state index < -0.39 is 0 Å². The zero-order valence-corrected chi connectivity index (χ0v) is 11.7. The van der Waals surface area contributed by atoms with Gasteiger partial charge in [-0.3, -0.25) is 4.79 Å². The fourth-order valence-corrected chi connectivity index (χ4v) is 2.42. The van der Waals surface area contributed by atoms with Crippen LogP contribution in [0, 0.1) is 0 Å². The molecular formula is C15H18N4O2. The van der Waals surface area contributed by atoms with E-state index >= 15 is 0 Å². The highest BCUT2D eigenvalue weighted by Crippen LogP contribution is 2.13. The molecule has 0 spiro atoms. The van der Waals surface area contributed by atoms with Crippen molar-refractivity contribution in [2.24, 2.45) is 5.73 Å². The molecule has 21 heavy (non-hydrogen) atoms. The molecule has 1 saturated heterocycles. The van der Waals surface area contributed by atoms with Crippen molar-refractivity contribution in [1.82, 2.24) is 14.5 Å². The van der Waals surface area contributed by atoms with Crippen molar-refractivity contribution in [3.05, 3.63) is 48.5 Å². The van der Waals surface area contributed by atoms with E-state index in [4.69, 9.17) is 10.5 Å². The van der Waals surface area contributed by atoms with Crippen molar-refractivity contribution in [1.29, 1.82) is 0 Å². The zero-order chi connectivity index (χ0) is 14.7. The summed E-state index contributed by atoms with van der Waals surface area (Å²) < 4.78 is 7.38. The van der Waals surface area contributed by atoms with Crippen LogP contribution in [0.25, 0.3) is 5.69 Å². The normalized spacial score (nSPS) is 18.7. The molecule has 2 N–H and O–H groups in total. The smallest absolute Gasteiger partial charge is 0.254 e. The second kappa shape index (κ2) is 6.07. The number of imidazole rings is 1. The van der Waals surface area contributed by atoms with Crippen molar-refractivity contribution in [3.63, 3.8) is 0 Å². The minimum Gasteiger partial charge on any atom is -0.373 e. The predicted octanol–water partition coefficient (Wildman–Crippen LogP) is 0.672. The molecule has 0 aliphatic carbocycles. The number of hydrogen-bond donors (Lipinski definition) is 1. The highest BCUT2D eigenvalue weighted by molar-refractivity contribution is 5.94. The van der Waals surface area contributed by atoms with Gasteiger partial charge in [-0.25, -0.2) is 4.98 Å². The summed E-state index contributed by atoms with van der Waals surface area (Å²) in [5, 5.41) is 0. The second-order valence-electron chi connectivity index (χ2n) is 5.00. The summed E-state index contributed by atoms with van der Waals surface area (Å²) in [5.41, 5.74) is 7.26. The lowest BCUT2D eigenvalue weighted by Gasteiger charge is -2.32. The van der Waals surface area contributed by atoms with Crippen LogP contribution in [0.4, 0.5) is 0 Å². The van der Waals surface area contributed by atoms with Gasteiger partial charge in [0.25, 0.3) is 5.91 Å². The monoisotopic (exact) mass is 286 g/mol. The van der Waals surface area contributed by atoms with Crippen LogP contribution in [0.5, 0.6) is 0 Å². The first kappa shape index (κ1) is 13.8. The summed E-state index contributed by atoms with van der Waals surface area (Å²) in [4.78, 5) is 18.3. The molecule has 1 amide bonds. The molecular weight excluding hydrogens is 268 g/mol. The van der Waals surface area contributed by atoms with E-state index in [9.17, 15) is 4.79 Å². The zero-order valence-electron chi connectivity index (χ0n) is 11.7. The van der Waals surface area contributed by atoms with Crippen LogP contribution >= 0.6 is 0 Å². The largest absolute Gasteiger partial charge is 0.373 e. The molecule has 110 valence electrons. The van der Waals surface area contributed by atoms with Gasteiger partial charge in [-0.2, -0.15) is 0 Å². The van der Waals surface area contributed by atoms with E-state index in [1.54, 1.807) is 17.4 Å². The van der Waals surface area contributed by atoms with Crippen LogP contribution in [-0.2, 0) is 4.74 Å². The average Bonchev–Trinajstić information content (AvgIpc) is 3.09. The topological polar surface area (TPSA) is 73.4 Å². The first-order valence-electron chi connectivity index (χ1n) is 6.97. The van der Waals surface area contributed by atoms with E-state index in [0.29, 0.717) is 31.8 Å². The van der Waals surface area contributed by atoms with Gasteiger partial charge in [0.1, 0.15) is 0 Å². The lowest BCUT2D eigenvalue weighted by atomic mass is 10.1. The van der Waals surface area contributed by atoms with E-state index in [1.807, 2.05) is 35.0 Å². The highest BCUT2D eigenvalue weighted by atomic mass is 16.5. The maximum Gasteiger partial charge on any atom is 0.254 e. The third kappa shape index (κ3) is 2.96. The lowest BCUT2D eigenvalue weighted by molar-refractivity contribution is -0.0167. The molecule has 1 aromatic heterocycles. The van der Waals surface area contributed by atoms with Crippen LogP contribution in [0.3, 0.4) is 0 Å². The molecule has 1 aromatic carbocycles. The Morgan fingerprint density at radius 3 is 2.86 bits per heavy atom. The highest BCUT2D eigenvalue weighted by Gasteiger charge is 2.24. The maximum atomic E-state index is 12.5. The van der Waals surface area contributed by atoms with E-state index in [1.165, 1.54) is 0 Å². The van der Waals surface area contributed by atoms with Crippen molar-refractivity contribution < 1.29 is 9.53 Å². The Labute approximate surface area is 123 Å². The molecule has 1 unspecified atom stereocenters.